The Labute approximate surface area is 98.9 Å². The number of rotatable bonds is 5. The first-order chi connectivity index (χ1) is 7.59. The van der Waals surface area contributed by atoms with Gasteiger partial charge in [-0.3, -0.25) is 9.59 Å². The fraction of sp³-hybridized carbons (Fsp3) is 0.333. The number of hydrogen-bond donors (Lipinski definition) is 1. The predicted octanol–water partition coefficient (Wildman–Crippen LogP) is 2.21. The molecule has 0 amide bonds. The second kappa shape index (κ2) is 6.33. The van der Waals surface area contributed by atoms with Crippen LogP contribution in [0.5, 0.6) is 0 Å². The van der Waals surface area contributed by atoms with Crippen molar-refractivity contribution in [3.8, 4) is 0 Å². The number of benzene rings is 1. The van der Waals surface area contributed by atoms with Crippen molar-refractivity contribution >= 4 is 22.8 Å². The van der Waals surface area contributed by atoms with Crippen molar-refractivity contribution in [2.24, 2.45) is 5.92 Å². The maximum atomic E-state index is 11.0. The minimum Gasteiger partial charge on any atom is -0.481 e. The van der Waals surface area contributed by atoms with E-state index >= 15 is 0 Å². The molecule has 0 heterocycles. The van der Waals surface area contributed by atoms with E-state index < -0.39 is 11.9 Å². The average molecular weight is 238 g/mol. The first kappa shape index (κ1) is 12.8. The molecule has 1 aromatic rings. The molecule has 0 bridgehead atoms. The number of carbonyl (C=O) groups is 2. The van der Waals surface area contributed by atoms with Gasteiger partial charge in [0.2, 0.25) is 0 Å². The summed E-state index contributed by atoms with van der Waals surface area (Å²) in [6.07, 6.45) is 0.469. The van der Waals surface area contributed by atoms with Crippen molar-refractivity contribution in [1.82, 2.24) is 0 Å². The molecule has 3 nitrogen and oxygen atoms in total. The van der Waals surface area contributed by atoms with E-state index in [4.69, 9.17) is 5.11 Å². The van der Waals surface area contributed by atoms with Gasteiger partial charge in [-0.2, -0.15) is 0 Å². The summed E-state index contributed by atoms with van der Waals surface area (Å²) in [4.78, 5) is 21.8. The highest BCUT2D eigenvalue weighted by Gasteiger charge is 2.18. The first-order valence-electron chi connectivity index (χ1n) is 4.99. The van der Waals surface area contributed by atoms with Crippen LogP contribution in [-0.4, -0.2) is 21.9 Å². The number of aliphatic carboxylic acids is 1. The van der Waals surface area contributed by atoms with Gasteiger partial charge in [-0.25, -0.2) is 0 Å². The van der Waals surface area contributed by atoms with Crippen LogP contribution in [0.3, 0.4) is 0 Å². The average Bonchev–Trinajstić information content (AvgIpc) is 2.25. The van der Waals surface area contributed by atoms with E-state index in [0.717, 1.165) is 17.3 Å². The quantitative estimate of drug-likeness (QED) is 0.854. The molecule has 0 unspecified atom stereocenters. The lowest BCUT2D eigenvalue weighted by Gasteiger charge is -2.10. The minimum atomic E-state index is -0.849. The van der Waals surface area contributed by atoms with Crippen LogP contribution in [0.4, 0.5) is 0 Å². The zero-order valence-corrected chi connectivity index (χ0v) is 9.87. The molecule has 4 heteroatoms. The van der Waals surface area contributed by atoms with Gasteiger partial charge >= 0.3 is 5.97 Å². The normalized spacial score (nSPS) is 12.1. The summed E-state index contributed by atoms with van der Waals surface area (Å²) in [5.41, 5.74) is 0.985. The minimum absolute atomic E-state index is 0.0423. The molecule has 0 radical (unpaired) electrons. The lowest BCUT2D eigenvalue weighted by molar-refractivity contribution is -0.140. The Morgan fingerprint density at radius 1 is 1.31 bits per heavy atom. The molecule has 0 aliphatic heterocycles. The molecule has 16 heavy (non-hydrogen) atoms. The molecule has 0 fully saturated rings. The Kier molecular flexibility index (Phi) is 5.05. The molecule has 1 rings (SSSR count). The van der Waals surface area contributed by atoms with Crippen LogP contribution >= 0.6 is 11.8 Å². The third-order valence-electron chi connectivity index (χ3n) is 2.16. The smallest absolute Gasteiger partial charge is 0.307 e. The van der Waals surface area contributed by atoms with Gasteiger partial charge in [0.05, 0.1) is 5.92 Å². The van der Waals surface area contributed by atoms with E-state index in [0.29, 0.717) is 12.2 Å². The third-order valence-corrected chi connectivity index (χ3v) is 3.14. The Morgan fingerprint density at radius 2 is 1.94 bits per heavy atom. The summed E-state index contributed by atoms with van der Waals surface area (Å²) in [5, 5.41) is 8.98. The Bertz CT molecular complexity index is 362. The number of carboxylic acid groups (broad SMARTS) is 1. The van der Waals surface area contributed by atoms with Crippen molar-refractivity contribution in [3.63, 3.8) is 0 Å². The van der Waals surface area contributed by atoms with Crippen LogP contribution in [0.2, 0.25) is 0 Å². The summed E-state index contributed by atoms with van der Waals surface area (Å²) in [5.74, 6) is -1.02. The molecular weight excluding hydrogens is 224 g/mol. The van der Waals surface area contributed by atoms with Gasteiger partial charge < -0.3 is 5.11 Å². The van der Waals surface area contributed by atoms with Crippen LogP contribution < -0.4 is 0 Å². The molecule has 1 atom stereocenters. The number of thioether (sulfide) groups is 1. The number of carboxylic acids is 1. The Balaban J connectivity index is 2.58. The van der Waals surface area contributed by atoms with E-state index in [1.807, 2.05) is 30.3 Å². The SMILES string of the molecule is CC(=O)SC[C@@H](Cc1ccccc1)C(=O)O. The van der Waals surface area contributed by atoms with Crippen molar-refractivity contribution in [3.05, 3.63) is 35.9 Å². The molecule has 0 saturated carbocycles. The van der Waals surface area contributed by atoms with E-state index in [1.165, 1.54) is 6.92 Å². The van der Waals surface area contributed by atoms with Crippen molar-refractivity contribution in [2.45, 2.75) is 13.3 Å². The lowest BCUT2D eigenvalue weighted by Crippen LogP contribution is -2.19. The van der Waals surface area contributed by atoms with E-state index in [1.54, 1.807) is 0 Å². The molecule has 0 aliphatic rings. The number of hydrogen-bond acceptors (Lipinski definition) is 3. The van der Waals surface area contributed by atoms with Crippen molar-refractivity contribution in [2.75, 3.05) is 5.75 Å². The first-order valence-corrected chi connectivity index (χ1v) is 5.98. The van der Waals surface area contributed by atoms with E-state index in [-0.39, 0.29) is 5.12 Å². The number of carbonyl (C=O) groups excluding carboxylic acids is 1. The fourth-order valence-corrected chi connectivity index (χ4v) is 2.03. The summed E-state index contributed by atoms with van der Waals surface area (Å²) in [6.45, 7) is 1.45. The standard InChI is InChI=1S/C12H14O3S/c1-9(13)16-8-11(12(14)15)7-10-5-3-2-4-6-10/h2-6,11H,7-8H2,1H3,(H,14,15)/t11-/m1/s1. The van der Waals surface area contributed by atoms with Gasteiger partial charge in [0.15, 0.2) is 5.12 Å². The molecule has 86 valence electrons. The van der Waals surface area contributed by atoms with Crippen molar-refractivity contribution < 1.29 is 14.7 Å². The molecule has 1 N–H and O–H groups in total. The Morgan fingerprint density at radius 3 is 2.44 bits per heavy atom. The summed E-state index contributed by atoms with van der Waals surface area (Å²) >= 11 is 1.07. The van der Waals surface area contributed by atoms with Crippen LogP contribution in [0.25, 0.3) is 0 Å². The van der Waals surface area contributed by atoms with Crippen molar-refractivity contribution in [1.29, 1.82) is 0 Å². The predicted molar refractivity (Wildman–Crippen MR) is 64.4 cm³/mol. The highest BCUT2D eigenvalue weighted by molar-refractivity contribution is 8.13. The highest BCUT2D eigenvalue weighted by Crippen LogP contribution is 2.15. The fourth-order valence-electron chi connectivity index (χ4n) is 1.33. The van der Waals surface area contributed by atoms with Crippen LogP contribution in [0, 0.1) is 5.92 Å². The molecular formula is C12H14O3S. The monoisotopic (exact) mass is 238 g/mol. The van der Waals surface area contributed by atoms with Gasteiger partial charge in [-0.15, -0.1) is 0 Å². The van der Waals surface area contributed by atoms with Crippen LogP contribution in [0.15, 0.2) is 30.3 Å². The zero-order chi connectivity index (χ0) is 12.0. The van der Waals surface area contributed by atoms with E-state index in [9.17, 15) is 9.59 Å². The maximum absolute atomic E-state index is 11.0. The molecule has 0 spiro atoms. The second-order valence-electron chi connectivity index (χ2n) is 3.53. The topological polar surface area (TPSA) is 54.4 Å². The van der Waals surface area contributed by atoms with Crippen LogP contribution in [0.1, 0.15) is 12.5 Å². The van der Waals surface area contributed by atoms with Gasteiger partial charge in [0.1, 0.15) is 0 Å². The molecule has 1 aromatic carbocycles. The largest absolute Gasteiger partial charge is 0.481 e. The summed E-state index contributed by atoms with van der Waals surface area (Å²) in [6, 6.07) is 9.45. The van der Waals surface area contributed by atoms with Gasteiger partial charge in [-0.1, -0.05) is 42.1 Å². The molecule has 0 aromatic heterocycles. The molecule has 0 aliphatic carbocycles. The van der Waals surface area contributed by atoms with Crippen LogP contribution in [-0.2, 0) is 16.0 Å². The van der Waals surface area contributed by atoms with Gasteiger partial charge in [0.25, 0.3) is 0 Å². The maximum Gasteiger partial charge on any atom is 0.307 e. The lowest BCUT2D eigenvalue weighted by atomic mass is 10.0. The highest BCUT2D eigenvalue weighted by atomic mass is 32.2. The third kappa shape index (κ3) is 4.49. The summed E-state index contributed by atoms with van der Waals surface area (Å²) < 4.78 is 0. The van der Waals surface area contributed by atoms with Gasteiger partial charge in [-0.05, 0) is 12.0 Å². The zero-order valence-electron chi connectivity index (χ0n) is 9.05. The Hall–Kier alpha value is -1.29. The summed E-state index contributed by atoms with van der Waals surface area (Å²) in [7, 11) is 0. The van der Waals surface area contributed by atoms with Gasteiger partial charge in [0, 0.05) is 12.7 Å². The van der Waals surface area contributed by atoms with E-state index in [2.05, 4.69) is 0 Å². The second-order valence-corrected chi connectivity index (χ2v) is 4.72. The molecule has 0 saturated heterocycles.